The third-order valence-corrected chi connectivity index (χ3v) is 3.81. The number of aromatic nitrogens is 1. The second-order valence-corrected chi connectivity index (χ2v) is 5.31. The largest absolute Gasteiger partial charge is 0.301 e. The first-order valence-corrected chi connectivity index (χ1v) is 6.73. The lowest BCUT2D eigenvalue weighted by Gasteiger charge is -2.18. The van der Waals surface area contributed by atoms with Gasteiger partial charge < -0.3 is 5.32 Å². The fraction of sp³-hybridized carbons (Fsp3) is 0.308. The van der Waals surface area contributed by atoms with Gasteiger partial charge in [-0.05, 0) is 25.0 Å². The van der Waals surface area contributed by atoms with Gasteiger partial charge in [0.05, 0.1) is 6.04 Å². The van der Waals surface area contributed by atoms with Gasteiger partial charge in [0, 0.05) is 23.2 Å². The molecular formula is C13H12F2N2S. The molecule has 1 unspecified atom stereocenters. The van der Waals surface area contributed by atoms with Crippen LogP contribution in [0.15, 0.2) is 29.8 Å². The molecule has 18 heavy (non-hydrogen) atoms. The summed E-state index contributed by atoms with van der Waals surface area (Å²) in [5.41, 5.74) is 0.0688. The molecule has 1 heterocycles. The molecule has 1 saturated carbocycles. The average molecular weight is 266 g/mol. The van der Waals surface area contributed by atoms with Crippen molar-refractivity contribution in [1.82, 2.24) is 10.3 Å². The molecule has 5 heteroatoms. The maximum absolute atomic E-state index is 13.9. The van der Waals surface area contributed by atoms with Gasteiger partial charge in [-0.2, -0.15) is 0 Å². The highest BCUT2D eigenvalue weighted by Crippen LogP contribution is 2.32. The monoisotopic (exact) mass is 266 g/mol. The second kappa shape index (κ2) is 4.74. The summed E-state index contributed by atoms with van der Waals surface area (Å²) in [5.74, 6) is -1.05. The fourth-order valence-corrected chi connectivity index (χ4v) is 2.63. The summed E-state index contributed by atoms with van der Waals surface area (Å²) < 4.78 is 27.7. The van der Waals surface area contributed by atoms with Crippen LogP contribution in [0.3, 0.4) is 0 Å². The van der Waals surface area contributed by atoms with Gasteiger partial charge in [-0.25, -0.2) is 13.8 Å². The molecule has 0 radical (unpaired) electrons. The number of nitrogens with zero attached hydrogens (tertiary/aromatic N) is 1. The van der Waals surface area contributed by atoms with Gasteiger partial charge in [0.25, 0.3) is 0 Å². The Balaban J connectivity index is 2.02. The molecule has 0 spiro atoms. The highest BCUT2D eigenvalue weighted by Gasteiger charge is 2.30. The zero-order chi connectivity index (χ0) is 12.5. The fourth-order valence-electron chi connectivity index (χ4n) is 1.93. The van der Waals surface area contributed by atoms with Crippen molar-refractivity contribution in [2.45, 2.75) is 24.9 Å². The van der Waals surface area contributed by atoms with Crippen molar-refractivity contribution in [3.05, 3.63) is 52.0 Å². The van der Waals surface area contributed by atoms with Crippen molar-refractivity contribution in [2.75, 3.05) is 0 Å². The minimum Gasteiger partial charge on any atom is -0.301 e. The molecule has 0 amide bonds. The number of thiazole rings is 1. The van der Waals surface area contributed by atoms with Gasteiger partial charge >= 0.3 is 0 Å². The molecule has 1 N–H and O–H groups in total. The molecule has 2 nitrogen and oxygen atoms in total. The summed E-state index contributed by atoms with van der Waals surface area (Å²) in [7, 11) is 0. The average Bonchev–Trinajstić information content (AvgIpc) is 3.00. The van der Waals surface area contributed by atoms with Crippen LogP contribution in [0.2, 0.25) is 0 Å². The van der Waals surface area contributed by atoms with Crippen LogP contribution < -0.4 is 5.32 Å². The number of benzene rings is 1. The van der Waals surface area contributed by atoms with Crippen molar-refractivity contribution in [2.24, 2.45) is 0 Å². The Morgan fingerprint density at radius 1 is 1.28 bits per heavy atom. The molecule has 1 aromatic carbocycles. The SMILES string of the molecule is Fc1cccc(F)c1C(NC1CC1)c1nccs1. The zero-order valence-corrected chi connectivity index (χ0v) is 10.4. The molecule has 1 aliphatic carbocycles. The highest BCUT2D eigenvalue weighted by atomic mass is 32.1. The third kappa shape index (κ3) is 2.28. The van der Waals surface area contributed by atoms with Crippen LogP contribution in [0.25, 0.3) is 0 Å². The highest BCUT2D eigenvalue weighted by molar-refractivity contribution is 7.09. The Morgan fingerprint density at radius 2 is 2.00 bits per heavy atom. The van der Waals surface area contributed by atoms with E-state index in [0.717, 1.165) is 12.8 Å². The van der Waals surface area contributed by atoms with E-state index >= 15 is 0 Å². The van der Waals surface area contributed by atoms with E-state index in [1.54, 1.807) is 6.20 Å². The number of halogens is 2. The van der Waals surface area contributed by atoms with E-state index in [0.29, 0.717) is 11.0 Å². The van der Waals surface area contributed by atoms with Crippen LogP contribution in [0, 0.1) is 11.6 Å². The summed E-state index contributed by atoms with van der Waals surface area (Å²) in [5, 5.41) is 5.77. The molecule has 1 aliphatic rings. The van der Waals surface area contributed by atoms with Gasteiger partial charge in [0.15, 0.2) is 0 Å². The van der Waals surface area contributed by atoms with Crippen molar-refractivity contribution < 1.29 is 8.78 Å². The van der Waals surface area contributed by atoms with E-state index in [-0.39, 0.29) is 5.56 Å². The van der Waals surface area contributed by atoms with Crippen LogP contribution in [-0.4, -0.2) is 11.0 Å². The molecule has 0 saturated heterocycles. The Labute approximate surface area is 108 Å². The van der Waals surface area contributed by atoms with Gasteiger partial charge in [-0.15, -0.1) is 11.3 Å². The molecule has 2 aromatic rings. The van der Waals surface area contributed by atoms with E-state index in [1.807, 2.05) is 5.38 Å². The van der Waals surface area contributed by atoms with Crippen molar-refractivity contribution in [1.29, 1.82) is 0 Å². The van der Waals surface area contributed by atoms with Crippen molar-refractivity contribution in [3.63, 3.8) is 0 Å². The van der Waals surface area contributed by atoms with Gasteiger partial charge in [-0.3, -0.25) is 0 Å². The van der Waals surface area contributed by atoms with Gasteiger partial charge in [-0.1, -0.05) is 6.07 Å². The molecule has 1 aromatic heterocycles. The van der Waals surface area contributed by atoms with E-state index < -0.39 is 17.7 Å². The normalized spacial score (nSPS) is 16.8. The lowest BCUT2D eigenvalue weighted by molar-refractivity contribution is 0.501. The lowest BCUT2D eigenvalue weighted by Crippen LogP contribution is -2.26. The maximum atomic E-state index is 13.9. The molecule has 1 atom stereocenters. The van der Waals surface area contributed by atoms with E-state index in [2.05, 4.69) is 10.3 Å². The first kappa shape index (κ1) is 11.7. The van der Waals surface area contributed by atoms with Crippen LogP contribution in [0.4, 0.5) is 8.78 Å². The smallest absolute Gasteiger partial charge is 0.131 e. The second-order valence-electron chi connectivity index (χ2n) is 4.38. The van der Waals surface area contributed by atoms with Gasteiger partial charge in [0.1, 0.15) is 16.6 Å². The Bertz CT molecular complexity index is 518. The topological polar surface area (TPSA) is 24.9 Å². The molecule has 1 fully saturated rings. The Morgan fingerprint density at radius 3 is 2.56 bits per heavy atom. The Kier molecular flexibility index (Phi) is 3.09. The van der Waals surface area contributed by atoms with Crippen LogP contribution in [0.1, 0.15) is 29.5 Å². The van der Waals surface area contributed by atoms with E-state index in [9.17, 15) is 8.78 Å². The number of rotatable bonds is 4. The zero-order valence-electron chi connectivity index (χ0n) is 9.57. The summed E-state index contributed by atoms with van der Waals surface area (Å²) in [6.07, 6.45) is 3.76. The van der Waals surface area contributed by atoms with E-state index in [4.69, 9.17) is 0 Å². The quantitative estimate of drug-likeness (QED) is 0.918. The summed E-state index contributed by atoms with van der Waals surface area (Å²) in [4.78, 5) is 4.18. The minimum atomic E-state index is -0.525. The summed E-state index contributed by atoms with van der Waals surface area (Å²) in [6.45, 7) is 0. The maximum Gasteiger partial charge on any atom is 0.131 e. The first-order valence-electron chi connectivity index (χ1n) is 5.85. The number of hydrogen-bond donors (Lipinski definition) is 1. The molecule has 3 rings (SSSR count). The Hall–Kier alpha value is -1.33. The lowest BCUT2D eigenvalue weighted by atomic mass is 10.1. The predicted octanol–water partition coefficient (Wildman–Crippen LogP) is 3.26. The van der Waals surface area contributed by atoms with Crippen LogP contribution >= 0.6 is 11.3 Å². The standard InChI is InChI=1S/C13H12F2N2S/c14-9-2-1-3-10(15)11(9)12(17-8-4-5-8)13-16-6-7-18-13/h1-3,6-8,12,17H,4-5H2. The number of nitrogens with one attached hydrogen (secondary N) is 1. The summed E-state index contributed by atoms with van der Waals surface area (Å²) in [6, 6.07) is 3.81. The van der Waals surface area contributed by atoms with Crippen molar-refractivity contribution in [3.8, 4) is 0 Å². The molecular weight excluding hydrogens is 254 g/mol. The summed E-state index contributed by atoms with van der Waals surface area (Å²) >= 11 is 1.41. The van der Waals surface area contributed by atoms with Crippen molar-refractivity contribution >= 4 is 11.3 Å². The van der Waals surface area contributed by atoms with Gasteiger partial charge in [0.2, 0.25) is 0 Å². The molecule has 0 bridgehead atoms. The van der Waals surface area contributed by atoms with E-state index in [1.165, 1.54) is 29.5 Å². The predicted molar refractivity (Wildman–Crippen MR) is 66.5 cm³/mol. The molecule has 94 valence electrons. The first-order chi connectivity index (χ1) is 8.75. The van der Waals surface area contributed by atoms with Crippen LogP contribution in [-0.2, 0) is 0 Å². The minimum absolute atomic E-state index is 0.0688. The number of hydrogen-bond acceptors (Lipinski definition) is 3. The molecule has 0 aliphatic heterocycles. The third-order valence-electron chi connectivity index (χ3n) is 2.97. The van der Waals surface area contributed by atoms with Crippen LogP contribution in [0.5, 0.6) is 0 Å².